The monoisotopic (exact) mass is 415 g/mol. The van der Waals surface area contributed by atoms with Crippen LogP contribution in [0.3, 0.4) is 0 Å². The topological polar surface area (TPSA) is 21.6 Å². The van der Waals surface area contributed by atoms with E-state index in [0.717, 1.165) is 18.2 Å². The molecule has 0 bridgehead atoms. The van der Waals surface area contributed by atoms with Crippen molar-refractivity contribution in [1.29, 1.82) is 0 Å². The summed E-state index contributed by atoms with van der Waals surface area (Å²) in [7, 11) is 0. The van der Waals surface area contributed by atoms with E-state index in [-0.39, 0.29) is 23.1 Å². The number of rotatable bonds is 3. The van der Waals surface area contributed by atoms with Crippen molar-refractivity contribution in [1.82, 2.24) is 0 Å². The van der Waals surface area contributed by atoms with Gasteiger partial charge in [0.15, 0.2) is 5.90 Å². The molecule has 0 aromatic heterocycles. The van der Waals surface area contributed by atoms with Gasteiger partial charge in [-0.05, 0) is 67.3 Å². The fourth-order valence-corrected chi connectivity index (χ4v) is 3.49. The summed E-state index contributed by atoms with van der Waals surface area (Å²) in [5.41, 5.74) is 1.31. The minimum atomic E-state index is 0. The van der Waals surface area contributed by atoms with Crippen molar-refractivity contribution in [3.63, 3.8) is 0 Å². The van der Waals surface area contributed by atoms with Crippen LogP contribution in [-0.4, -0.2) is 18.5 Å². The zero-order chi connectivity index (χ0) is 19.4. The zero-order valence-electron chi connectivity index (χ0n) is 17.4. The van der Waals surface area contributed by atoms with E-state index in [1.54, 1.807) is 0 Å². The van der Waals surface area contributed by atoms with Crippen molar-refractivity contribution in [3.05, 3.63) is 97.1 Å². The summed E-state index contributed by atoms with van der Waals surface area (Å²) >= 11 is 0. The van der Waals surface area contributed by atoms with Crippen LogP contribution in [0.5, 0.6) is 0 Å². The number of hydrogen-bond acceptors (Lipinski definition) is 2. The Morgan fingerprint density at radius 3 is 1.82 bits per heavy atom. The second-order valence-corrected chi connectivity index (χ2v) is 7.39. The van der Waals surface area contributed by atoms with Crippen LogP contribution < -0.4 is 0 Å². The van der Waals surface area contributed by atoms with Gasteiger partial charge >= 0.3 is 17.1 Å². The van der Waals surface area contributed by atoms with Gasteiger partial charge in [-0.2, -0.15) is 0 Å². The van der Waals surface area contributed by atoms with E-state index < -0.39 is 0 Å². The van der Waals surface area contributed by atoms with Gasteiger partial charge in [-0.1, -0.05) is 65.0 Å². The van der Waals surface area contributed by atoms with Crippen LogP contribution in [0.15, 0.2) is 35.3 Å². The van der Waals surface area contributed by atoms with Crippen molar-refractivity contribution < 1.29 is 21.8 Å². The van der Waals surface area contributed by atoms with Crippen LogP contribution in [0.1, 0.15) is 40.2 Å². The van der Waals surface area contributed by atoms with Gasteiger partial charge in [0, 0.05) is 0 Å². The molecule has 4 rings (SSSR count). The third kappa shape index (κ3) is 5.63. The first-order valence-corrected chi connectivity index (χ1v) is 9.63. The SMILES string of the molecule is C[C]1[C](C)[C](C)[C](C)[C]1C.[CH]1[CH][CH][C](C2=N[C@@H](Cc3ccccc3)CO2)[CH]1.[Fe+2]. The van der Waals surface area contributed by atoms with Gasteiger partial charge in [0.1, 0.15) is 6.61 Å². The Balaban J connectivity index is 0.000000221. The molecule has 0 saturated heterocycles. The average Bonchev–Trinajstić information content (AvgIpc) is 3.40. The number of benzene rings is 1. The zero-order valence-corrected chi connectivity index (χ0v) is 18.5. The number of ether oxygens (including phenoxy) is 1. The summed E-state index contributed by atoms with van der Waals surface area (Å²) < 4.78 is 5.63. The molecule has 3 heteroatoms. The van der Waals surface area contributed by atoms with E-state index in [0.29, 0.717) is 6.61 Å². The van der Waals surface area contributed by atoms with Gasteiger partial charge in [0.2, 0.25) is 0 Å². The van der Waals surface area contributed by atoms with Crippen LogP contribution >= 0.6 is 0 Å². The summed E-state index contributed by atoms with van der Waals surface area (Å²) in [6, 6.07) is 10.7. The first-order valence-electron chi connectivity index (χ1n) is 9.63. The van der Waals surface area contributed by atoms with Crippen molar-refractivity contribution in [2.75, 3.05) is 6.61 Å². The maximum Gasteiger partial charge on any atom is 2.00 e. The predicted molar refractivity (Wildman–Crippen MR) is 112 cm³/mol. The Bertz CT molecular complexity index is 565. The molecular weight excluding hydrogens is 386 g/mol. The second kappa shape index (κ2) is 10.8. The molecule has 2 saturated carbocycles. The normalized spacial score (nSPS) is 25.2. The minimum Gasteiger partial charge on any atom is -0.478 e. The molecule has 3 aliphatic rings. The Kier molecular flexibility index (Phi) is 9.09. The molecule has 0 N–H and O–H groups in total. The molecule has 2 nitrogen and oxygen atoms in total. The van der Waals surface area contributed by atoms with Crippen LogP contribution in [0.25, 0.3) is 0 Å². The van der Waals surface area contributed by atoms with Gasteiger partial charge in [-0.3, -0.25) is 0 Å². The largest absolute Gasteiger partial charge is 2.00 e. The minimum absolute atomic E-state index is 0. The Morgan fingerprint density at radius 1 is 0.821 bits per heavy atom. The predicted octanol–water partition coefficient (Wildman–Crippen LogP) is 5.40. The summed E-state index contributed by atoms with van der Waals surface area (Å²) in [6.45, 7) is 11.7. The first kappa shape index (κ1) is 23.5. The molecule has 0 unspecified atom stereocenters. The molecule has 2 fully saturated rings. The standard InChI is InChI=1S/C15H14NO.C10H15.Fe/c1-2-6-12(7-3-1)10-14-11-17-15(16-14)13-8-4-5-9-13;1-6-7(2)9(4)10(5)8(6)3;/h1-9,14H,10-11H2;1-5H3;/q;;+2/t14-;;/m0../s1. The molecule has 10 radical (unpaired) electrons. The van der Waals surface area contributed by atoms with Gasteiger partial charge in [-0.25, -0.2) is 4.99 Å². The summed E-state index contributed by atoms with van der Waals surface area (Å²) in [4.78, 5) is 4.62. The summed E-state index contributed by atoms with van der Waals surface area (Å²) in [5, 5.41) is 0. The second-order valence-electron chi connectivity index (χ2n) is 7.39. The number of aliphatic imine (C=N–C) groups is 1. The molecule has 1 aliphatic heterocycles. The summed E-state index contributed by atoms with van der Waals surface area (Å²) in [5.74, 6) is 9.21. The molecule has 2 aliphatic carbocycles. The van der Waals surface area contributed by atoms with E-state index >= 15 is 0 Å². The van der Waals surface area contributed by atoms with Crippen LogP contribution in [0.2, 0.25) is 0 Å². The average molecular weight is 415 g/mol. The molecule has 0 amide bonds. The van der Waals surface area contributed by atoms with E-state index in [2.05, 4.69) is 63.9 Å². The first-order chi connectivity index (χ1) is 13.0. The molecule has 1 heterocycles. The van der Waals surface area contributed by atoms with Crippen LogP contribution in [-0.2, 0) is 28.2 Å². The maximum atomic E-state index is 5.63. The smallest absolute Gasteiger partial charge is 0.478 e. The molecule has 1 aromatic carbocycles. The molecule has 1 aromatic rings. The van der Waals surface area contributed by atoms with E-state index in [9.17, 15) is 0 Å². The third-order valence-electron chi connectivity index (χ3n) is 5.75. The van der Waals surface area contributed by atoms with E-state index in [4.69, 9.17) is 4.74 Å². The molecule has 146 valence electrons. The van der Waals surface area contributed by atoms with Crippen molar-refractivity contribution >= 4 is 5.90 Å². The Morgan fingerprint density at radius 2 is 1.32 bits per heavy atom. The number of hydrogen-bond donors (Lipinski definition) is 0. The van der Waals surface area contributed by atoms with Crippen molar-refractivity contribution in [3.8, 4) is 0 Å². The Hall–Kier alpha value is -0.791. The molecular formula is C25H29FeNO+2. The molecule has 28 heavy (non-hydrogen) atoms. The van der Waals surface area contributed by atoms with Gasteiger partial charge in [-0.15, -0.1) is 0 Å². The van der Waals surface area contributed by atoms with Gasteiger partial charge in [0.25, 0.3) is 0 Å². The fraction of sp³-hybridized carbons (Fsp3) is 0.320. The number of nitrogens with zero attached hydrogens (tertiary/aromatic N) is 1. The van der Waals surface area contributed by atoms with E-state index in [1.165, 1.54) is 35.2 Å². The van der Waals surface area contributed by atoms with Crippen molar-refractivity contribution in [2.45, 2.75) is 47.1 Å². The molecule has 0 spiro atoms. The maximum absolute atomic E-state index is 5.63. The van der Waals surface area contributed by atoms with Crippen molar-refractivity contribution in [2.24, 2.45) is 4.99 Å². The quantitative estimate of drug-likeness (QED) is 0.606. The molecule has 1 atom stereocenters. The van der Waals surface area contributed by atoms with E-state index in [1.807, 2.05) is 31.7 Å². The van der Waals surface area contributed by atoms with Crippen LogP contribution in [0, 0.1) is 61.2 Å². The Labute approximate surface area is 183 Å². The fourth-order valence-electron chi connectivity index (χ4n) is 3.49. The third-order valence-corrected chi connectivity index (χ3v) is 5.75. The van der Waals surface area contributed by atoms with Gasteiger partial charge in [0.05, 0.1) is 12.0 Å². The summed E-state index contributed by atoms with van der Waals surface area (Å²) in [6.07, 6.45) is 9.02. The van der Waals surface area contributed by atoms with Crippen LogP contribution in [0.4, 0.5) is 0 Å². The van der Waals surface area contributed by atoms with Gasteiger partial charge < -0.3 is 4.74 Å².